The molecule has 5 heteroatoms. The largest absolute Gasteiger partial charge is 0.497 e. The summed E-state index contributed by atoms with van der Waals surface area (Å²) < 4.78 is 10.4. The van der Waals surface area contributed by atoms with Crippen LogP contribution in [0.4, 0.5) is 5.69 Å². The van der Waals surface area contributed by atoms with Crippen LogP contribution in [0.2, 0.25) is 0 Å². The zero-order valence-electron chi connectivity index (χ0n) is 15.6. The fraction of sp³-hybridized carbons (Fsp3) is 0.381. The molecule has 0 N–H and O–H groups in total. The molecule has 5 nitrogen and oxygen atoms in total. The van der Waals surface area contributed by atoms with Crippen molar-refractivity contribution in [3.05, 3.63) is 59.7 Å². The Bertz CT molecular complexity index is 745. The second-order valence-electron chi connectivity index (χ2n) is 6.62. The molecule has 0 aromatic heterocycles. The number of rotatable bonds is 5. The van der Waals surface area contributed by atoms with Gasteiger partial charge in [0.2, 0.25) is 0 Å². The van der Waals surface area contributed by atoms with E-state index in [-0.39, 0.29) is 11.9 Å². The van der Waals surface area contributed by atoms with Crippen molar-refractivity contribution in [2.24, 2.45) is 0 Å². The van der Waals surface area contributed by atoms with Crippen molar-refractivity contribution < 1.29 is 14.3 Å². The Labute approximate surface area is 155 Å². The van der Waals surface area contributed by atoms with Crippen LogP contribution in [0.1, 0.15) is 22.8 Å². The highest BCUT2D eigenvalue weighted by atomic mass is 16.5. The van der Waals surface area contributed by atoms with Gasteiger partial charge in [0.1, 0.15) is 5.75 Å². The first-order valence-electron chi connectivity index (χ1n) is 8.90. The highest BCUT2D eigenvalue weighted by Gasteiger charge is 2.27. The first-order valence-corrected chi connectivity index (χ1v) is 8.90. The van der Waals surface area contributed by atoms with E-state index in [2.05, 4.69) is 17.9 Å². The maximum Gasteiger partial charge on any atom is 0.253 e. The van der Waals surface area contributed by atoms with E-state index in [1.807, 2.05) is 47.4 Å². The first kappa shape index (κ1) is 18.3. The maximum atomic E-state index is 12.8. The van der Waals surface area contributed by atoms with Crippen LogP contribution in [-0.2, 0) is 11.3 Å². The Kier molecular flexibility index (Phi) is 5.78. The molecule has 26 heavy (non-hydrogen) atoms. The zero-order valence-corrected chi connectivity index (χ0v) is 15.6. The van der Waals surface area contributed by atoms with Crippen LogP contribution < -0.4 is 9.64 Å². The minimum atomic E-state index is 0.0890. The molecular weight excluding hydrogens is 328 g/mol. The van der Waals surface area contributed by atoms with Crippen LogP contribution in [0.3, 0.4) is 0 Å². The Morgan fingerprint density at radius 1 is 1.12 bits per heavy atom. The summed E-state index contributed by atoms with van der Waals surface area (Å²) >= 11 is 0. The van der Waals surface area contributed by atoms with Crippen molar-refractivity contribution in [1.29, 1.82) is 0 Å². The van der Waals surface area contributed by atoms with Gasteiger partial charge < -0.3 is 19.3 Å². The second-order valence-corrected chi connectivity index (χ2v) is 6.62. The average Bonchev–Trinajstić information content (AvgIpc) is 2.68. The van der Waals surface area contributed by atoms with Gasteiger partial charge in [0.15, 0.2) is 0 Å². The van der Waals surface area contributed by atoms with E-state index >= 15 is 0 Å². The fourth-order valence-corrected chi connectivity index (χ4v) is 3.41. The second kappa shape index (κ2) is 8.23. The van der Waals surface area contributed by atoms with E-state index in [9.17, 15) is 4.79 Å². The van der Waals surface area contributed by atoms with E-state index in [1.54, 1.807) is 14.2 Å². The van der Waals surface area contributed by atoms with Crippen molar-refractivity contribution in [1.82, 2.24) is 4.90 Å². The molecule has 1 saturated heterocycles. The van der Waals surface area contributed by atoms with Crippen molar-refractivity contribution in [3.63, 3.8) is 0 Å². The topological polar surface area (TPSA) is 42.0 Å². The van der Waals surface area contributed by atoms with Crippen molar-refractivity contribution in [3.8, 4) is 5.75 Å². The van der Waals surface area contributed by atoms with E-state index in [0.717, 1.165) is 29.1 Å². The smallest absolute Gasteiger partial charge is 0.253 e. The first-order chi connectivity index (χ1) is 12.6. The predicted molar refractivity (Wildman–Crippen MR) is 103 cm³/mol. The molecule has 1 amide bonds. The molecule has 1 heterocycles. The highest BCUT2D eigenvalue weighted by Crippen LogP contribution is 2.25. The van der Waals surface area contributed by atoms with Crippen LogP contribution in [0.5, 0.6) is 5.75 Å². The third kappa shape index (κ3) is 3.99. The summed E-state index contributed by atoms with van der Waals surface area (Å²) in [5.41, 5.74) is 2.93. The Morgan fingerprint density at radius 3 is 2.54 bits per heavy atom. The van der Waals surface area contributed by atoms with Gasteiger partial charge in [-0.3, -0.25) is 4.79 Å². The molecule has 0 radical (unpaired) electrons. The molecule has 1 aliphatic heterocycles. The van der Waals surface area contributed by atoms with E-state index in [0.29, 0.717) is 19.7 Å². The van der Waals surface area contributed by atoms with Gasteiger partial charge in [0.25, 0.3) is 5.91 Å². The Morgan fingerprint density at radius 2 is 1.88 bits per heavy atom. The van der Waals surface area contributed by atoms with E-state index < -0.39 is 0 Å². The summed E-state index contributed by atoms with van der Waals surface area (Å²) in [6.45, 7) is 4.93. The summed E-state index contributed by atoms with van der Waals surface area (Å²) in [5.74, 6) is 0.940. The molecule has 1 aliphatic rings. The molecule has 3 rings (SSSR count). The van der Waals surface area contributed by atoms with Gasteiger partial charge in [-0.05, 0) is 36.8 Å². The molecule has 0 bridgehead atoms. The van der Waals surface area contributed by atoms with Crippen LogP contribution in [0.15, 0.2) is 48.5 Å². The number of piperazine rings is 1. The monoisotopic (exact) mass is 354 g/mol. The molecule has 138 valence electrons. The van der Waals surface area contributed by atoms with Gasteiger partial charge in [0.05, 0.1) is 13.7 Å². The molecular formula is C21H26N2O3. The summed E-state index contributed by atoms with van der Waals surface area (Å²) in [6, 6.07) is 16.0. The summed E-state index contributed by atoms with van der Waals surface area (Å²) in [6.07, 6.45) is 0. The number of carbonyl (C=O) groups excluding carboxylic acids is 1. The summed E-state index contributed by atoms with van der Waals surface area (Å²) in [4.78, 5) is 17.1. The number of hydrogen-bond acceptors (Lipinski definition) is 4. The quantitative estimate of drug-likeness (QED) is 0.827. The third-order valence-corrected chi connectivity index (χ3v) is 4.81. The van der Waals surface area contributed by atoms with Gasteiger partial charge in [-0.25, -0.2) is 0 Å². The van der Waals surface area contributed by atoms with Gasteiger partial charge in [-0.15, -0.1) is 0 Å². The molecule has 0 saturated carbocycles. The van der Waals surface area contributed by atoms with Gasteiger partial charge in [0, 0.05) is 50.1 Å². The SMILES string of the molecule is COCc1ccc(C(=O)N2CCN(c3cccc(OC)c3)[C@H](C)C2)cc1. The van der Waals surface area contributed by atoms with Crippen molar-refractivity contribution in [2.45, 2.75) is 19.6 Å². The molecule has 1 fully saturated rings. The van der Waals surface area contributed by atoms with Crippen LogP contribution in [-0.4, -0.2) is 50.7 Å². The Balaban J connectivity index is 1.66. The summed E-state index contributed by atoms with van der Waals surface area (Å²) in [5, 5.41) is 0. The molecule has 2 aromatic rings. The highest BCUT2D eigenvalue weighted by molar-refractivity contribution is 5.94. The lowest BCUT2D eigenvalue weighted by Gasteiger charge is -2.41. The lowest BCUT2D eigenvalue weighted by molar-refractivity contribution is 0.0726. The lowest BCUT2D eigenvalue weighted by atomic mass is 10.1. The minimum Gasteiger partial charge on any atom is -0.497 e. The number of anilines is 1. The van der Waals surface area contributed by atoms with Crippen LogP contribution in [0.25, 0.3) is 0 Å². The molecule has 0 unspecified atom stereocenters. The van der Waals surface area contributed by atoms with Gasteiger partial charge in [-0.2, -0.15) is 0 Å². The average molecular weight is 354 g/mol. The van der Waals surface area contributed by atoms with Crippen molar-refractivity contribution in [2.75, 3.05) is 38.8 Å². The van der Waals surface area contributed by atoms with Gasteiger partial charge in [-0.1, -0.05) is 18.2 Å². The zero-order chi connectivity index (χ0) is 18.5. The molecule has 0 spiro atoms. The maximum absolute atomic E-state index is 12.8. The van der Waals surface area contributed by atoms with Gasteiger partial charge >= 0.3 is 0 Å². The third-order valence-electron chi connectivity index (χ3n) is 4.81. The number of ether oxygens (including phenoxy) is 2. The number of methoxy groups -OCH3 is 2. The number of amides is 1. The van der Waals surface area contributed by atoms with E-state index in [1.165, 1.54) is 0 Å². The predicted octanol–water partition coefficient (Wildman–Crippen LogP) is 3.19. The van der Waals surface area contributed by atoms with Crippen LogP contribution in [0, 0.1) is 0 Å². The normalized spacial score (nSPS) is 17.3. The standard InChI is InChI=1S/C21H26N2O3/c1-16-14-22(21(24)18-9-7-17(8-10-18)15-25-2)11-12-23(16)19-5-4-6-20(13-19)26-3/h4-10,13,16H,11-12,14-15H2,1-3H3/t16-/m1/s1. The molecule has 2 aromatic carbocycles. The number of carbonyl (C=O) groups is 1. The lowest BCUT2D eigenvalue weighted by Crippen LogP contribution is -2.53. The molecule has 1 atom stereocenters. The van der Waals surface area contributed by atoms with Crippen LogP contribution >= 0.6 is 0 Å². The molecule has 0 aliphatic carbocycles. The Hall–Kier alpha value is -2.53. The number of hydrogen-bond donors (Lipinski definition) is 0. The minimum absolute atomic E-state index is 0.0890. The van der Waals surface area contributed by atoms with E-state index in [4.69, 9.17) is 9.47 Å². The number of benzene rings is 2. The summed E-state index contributed by atoms with van der Waals surface area (Å²) in [7, 11) is 3.35. The van der Waals surface area contributed by atoms with Crippen molar-refractivity contribution >= 4 is 11.6 Å². The number of nitrogens with zero attached hydrogens (tertiary/aromatic N) is 2. The fourth-order valence-electron chi connectivity index (χ4n) is 3.41.